The maximum atomic E-state index is 11.4. The Bertz CT molecular complexity index is 356. The minimum atomic E-state index is 0.234. The van der Waals surface area contributed by atoms with Gasteiger partial charge in [-0.25, -0.2) is 0 Å². The molecule has 0 aromatic rings. The van der Waals surface area contributed by atoms with Gasteiger partial charge in [0.15, 0.2) is 0 Å². The molecule has 1 atom stereocenters. The Labute approximate surface area is 141 Å². The van der Waals surface area contributed by atoms with E-state index in [0.29, 0.717) is 6.04 Å². The normalized spacial score (nSPS) is 25.0. The number of amides is 1. The molecule has 0 unspecified atom stereocenters. The monoisotopic (exact) mass is 325 g/mol. The molecule has 0 aromatic heterocycles. The van der Waals surface area contributed by atoms with E-state index in [1.165, 1.54) is 38.9 Å². The SMILES string of the molecule is CCOCCN1CCN(CC2CCN(C(C)=O)CC2)C[C@H]1CC. The standard InChI is InChI=1S/C18H35N3O2/c1-4-18-15-19(10-11-21(18)12-13-23-5-2)14-17-6-8-20(9-7-17)16(3)22/h17-18H,4-15H2,1-3H3/t18-/m1/s1. The van der Waals surface area contributed by atoms with Gasteiger partial charge in [0.1, 0.15) is 0 Å². The second kappa shape index (κ2) is 9.60. The molecular weight excluding hydrogens is 290 g/mol. The van der Waals surface area contributed by atoms with E-state index in [1.54, 1.807) is 6.92 Å². The Morgan fingerprint density at radius 3 is 2.48 bits per heavy atom. The number of ether oxygens (including phenoxy) is 1. The van der Waals surface area contributed by atoms with E-state index in [4.69, 9.17) is 4.74 Å². The zero-order chi connectivity index (χ0) is 16.7. The predicted octanol–water partition coefficient (Wildman–Crippen LogP) is 1.68. The minimum Gasteiger partial charge on any atom is -0.380 e. The number of piperidine rings is 1. The average Bonchev–Trinajstić information content (AvgIpc) is 2.56. The summed E-state index contributed by atoms with van der Waals surface area (Å²) in [4.78, 5) is 18.7. The highest BCUT2D eigenvalue weighted by Gasteiger charge is 2.28. The van der Waals surface area contributed by atoms with Crippen LogP contribution in [0.5, 0.6) is 0 Å². The summed E-state index contributed by atoms with van der Waals surface area (Å²) in [5, 5.41) is 0. The molecule has 0 aromatic carbocycles. The van der Waals surface area contributed by atoms with E-state index in [1.807, 2.05) is 4.90 Å². The Kier molecular flexibility index (Phi) is 7.80. The van der Waals surface area contributed by atoms with Gasteiger partial charge in [-0.05, 0) is 32.1 Å². The molecule has 1 amide bonds. The van der Waals surface area contributed by atoms with Crippen LogP contribution < -0.4 is 0 Å². The molecule has 0 bridgehead atoms. The second-order valence-corrected chi connectivity index (χ2v) is 7.00. The van der Waals surface area contributed by atoms with Crippen LogP contribution in [0, 0.1) is 5.92 Å². The van der Waals surface area contributed by atoms with Gasteiger partial charge < -0.3 is 14.5 Å². The Balaban J connectivity index is 1.72. The molecule has 2 rings (SSSR count). The number of nitrogens with zero attached hydrogens (tertiary/aromatic N) is 3. The highest BCUT2D eigenvalue weighted by atomic mass is 16.5. The maximum absolute atomic E-state index is 11.4. The number of carbonyl (C=O) groups excluding carboxylic acids is 1. The largest absolute Gasteiger partial charge is 0.380 e. The van der Waals surface area contributed by atoms with Crippen LogP contribution in [0.15, 0.2) is 0 Å². The third-order valence-corrected chi connectivity index (χ3v) is 5.46. The van der Waals surface area contributed by atoms with Crippen LogP contribution in [0.2, 0.25) is 0 Å². The molecule has 2 saturated heterocycles. The molecule has 5 nitrogen and oxygen atoms in total. The highest BCUT2D eigenvalue weighted by Crippen LogP contribution is 2.21. The second-order valence-electron chi connectivity index (χ2n) is 7.00. The van der Waals surface area contributed by atoms with Crippen LogP contribution in [-0.2, 0) is 9.53 Å². The Morgan fingerprint density at radius 2 is 1.87 bits per heavy atom. The minimum absolute atomic E-state index is 0.234. The molecule has 0 N–H and O–H groups in total. The smallest absolute Gasteiger partial charge is 0.219 e. The molecule has 0 saturated carbocycles. The van der Waals surface area contributed by atoms with Crippen LogP contribution in [0.25, 0.3) is 0 Å². The first-order valence-corrected chi connectivity index (χ1v) is 9.43. The molecule has 23 heavy (non-hydrogen) atoms. The van der Waals surface area contributed by atoms with Gasteiger partial charge in [0, 0.05) is 65.4 Å². The van der Waals surface area contributed by atoms with Gasteiger partial charge in [-0.15, -0.1) is 0 Å². The Hall–Kier alpha value is -0.650. The third kappa shape index (κ3) is 5.73. The molecule has 2 heterocycles. The summed E-state index contributed by atoms with van der Waals surface area (Å²) in [5.74, 6) is 0.996. The topological polar surface area (TPSA) is 36.0 Å². The van der Waals surface area contributed by atoms with Gasteiger partial charge >= 0.3 is 0 Å². The van der Waals surface area contributed by atoms with Crippen molar-refractivity contribution in [1.82, 2.24) is 14.7 Å². The lowest BCUT2D eigenvalue weighted by Crippen LogP contribution is -2.55. The zero-order valence-corrected chi connectivity index (χ0v) is 15.3. The summed E-state index contributed by atoms with van der Waals surface area (Å²) in [6, 6.07) is 0.668. The number of hydrogen-bond acceptors (Lipinski definition) is 4. The van der Waals surface area contributed by atoms with Crippen molar-refractivity contribution in [3.8, 4) is 0 Å². The summed E-state index contributed by atoms with van der Waals surface area (Å²) >= 11 is 0. The van der Waals surface area contributed by atoms with Crippen molar-refractivity contribution in [2.45, 2.75) is 46.1 Å². The molecule has 2 aliphatic rings. The van der Waals surface area contributed by atoms with Crippen molar-refractivity contribution >= 4 is 5.91 Å². The summed E-state index contributed by atoms with van der Waals surface area (Å²) in [6.07, 6.45) is 3.55. The highest BCUT2D eigenvalue weighted by molar-refractivity contribution is 5.73. The van der Waals surface area contributed by atoms with Crippen LogP contribution in [0.3, 0.4) is 0 Å². The van der Waals surface area contributed by atoms with Crippen LogP contribution in [0.4, 0.5) is 0 Å². The van der Waals surface area contributed by atoms with Gasteiger partial charge in [0.05, 0.1) is 6.61 Å². The van der Waals surface area contributed by atoms with E-state index >= 15 is 0 Å². The van der Waals surface area contributed by atoms with Crippen molar-refractivity contribution < 1.29 is 9.53 Å². The zero-order valence-electron chi connectivity index (χ0n) is 15.3. The van der Waals surface area contributed by atoms with Crippen molar-refractivity contribution in [3.63, 3.8) is 0 Å². The quantitative estimate of drug-likeness (QED) is 0.667. The average molecular weight is 325 g/mol. The van der Waals surface area contributed by atoms with Crippen molar-refractivity contribution in [3.05, 3.63) is 0 Å². The number of piperazine rings is 1. The van der Waals surface area contributed by atoms with Gasteiger partial charge in [0.25, 0.3) is 0 Å². The van der Waals surface area contributed by atoms with Crippen LogP contribution >= 0.6 is 0 Å². The molecule has 2 fully saturated rings. The summed E-state index contributed by atoms with van der Waals surface area (Å²) in [6.45, 7) is 15.4. The fourth-order valence-corrected chi connectivity index (χ4v) is 3.93. The molecule has 0 aliphatic carbocycles. The lowest BCUT2D eigenvalue weighted by Gasteiger charge is -2.43. The molecule has 0 radical (unpaired) electrons. The summed E-state index contributed by atoms with van der Waals surface area (Å²) in [7, 11) is 0. The fraction of sp³-hybridized carbons (Fsp3) is 0.944. The molecule has 2 aliphatic heterocycles. The first-order chi connectivity index (χ1) is 11.1. The molecule has 0 spiro atoms. The van der Waals surface area contributed by atoms with Crippen molar-refractivity contribution in [2.75, 3.05) is 59.0 Å². The third-order valence-electron chi connectivity index (χ3n) is 5.46. The predicted molar refractivity (Wildman–Crippen MR) is 93.6 cm³/mol. The van der Waals surface area contributed by atoms with Crippen LogP contribution in [-0.4, -0.2) is 85.7 Å². The number of likely N-dealkylation sites (tertiary alicyclic amines) is 1. The first kappa shape index (κ1) is 18.7. The van der Waals surface area contributed by atoms with Gasteiger partial charge in [-0.3, -0.25) is 9.69 Å². The lowest BCUT2D eigenvalue weighted by molar-refractivity contribution is -0.130. The van der Waals surface area contributed by atoms with Crippen LogP contribution in [0.1, 0.15) is 40.0 Å². The van der Waals surface area contributed by atoms with Crippen molar-refractivity contribution in [2.24, 2.45) is 5.92 Å². The van der Waals surface area contributed by atoms with E-state index in [2.05, 4.69) is 23.6 Å². The number of hydrogen-bond donors (Lipinski definition) is 0. The molecule has 134 valence electrons. The molecule has 5 heteroatoms. The number of carbonyl (C=O) groups is 1. The molecular formula is C18H35N3O2. The van der Waals surface area contributed by atoms with Gasteiger partial charge in [-0.1, -0.05) is 6.92 Å². The Morgan fingerprint density at radius 1 is 1.13 bits per heavy atom. The lowest BCUT2D eigenvalue weighted by atomic mass is 9.95. The van der Waals surface area contributed by atoms with Gasteiger partial charge in [-0.2, -0.15) is 0 Å². The van der Waals surface area contributed by atoms with E-state index in [0.717, 1.165) is 45.3 Å². The number of rotatable bonds is 7. The summed E-state index contributed by atoms with van der Waals surface area (Å²) in [5.41, 5.74) is 0. The summed E-state index contributed by atoms with van der Waals surface area (Å²) < 4.78 is 5.52. The van der Waals surface area contributed by atoms with Crippen molar-refractivity contribution in [1.29, 1.82) is 0 Å². The maximum Gasteiger partial charge on any atom is 0.219 e. The van der Waals surface area contributed by atoms with Gasteiger partial charge in [0.2, 0.25) is 5.91 Å². The van der Waals surface area contributed by atoms with E-state index in [-0.39, 0.29) is 5.91 Å². The van der Waals surface area contributed by atoms with E-state index in [9.17, 15) is 4.79 Å². The van der Waals surface area contributed by atoms with E-state index < -0.39 is 0 Å². The first-order valence-electron chi connectivity index (χ1n) is 9.43. The fourth-order valence-electron chi connectivity index (χ4n) is 3.93.